The van der Waals surface area contributed by atoms with Gasteiger partial charge < -0.3 is 9.80 Å². The number of nitrogens with zero attached hydrogens (tertiary/aromatic N) is 6. The predicted octanol–water partition coefficient (Wildman–Crippen LogP) is 3.69. The topological polar surface area (TPSA) is 39.9 Å². The molecule has 6 heteroatoms. The molecule has 0 amide bonds. The first-order valence-electron chi connectivity index (χ1n) is 11.2. The van der Waals surface area contributed by atoms with Crippen molar-refractivity contribution in [3.05, 3.63) is 59.7 Å². The van der Waals surface area contributed by atoms with Crippen LogP contribution in [0.4, 0.5) is 5.82 Å². The summed E-state index contributed by atoms with van der Waals surface area (Å²) in [7, 11) is 4.47. The molecule has 2 fully saturated rings. The number of anilines is 1. The molecule has 5 rings (SSSR count). The lowest BCUT2D eigenvalue weighted by Crippen LogP contribution is -2.45. The molecule has 2 saturated heterocycles. The van der Waals surface area contributed by atoms with Gasteiger partial charge in [-0.05, 0) is 64.0 Å². The number of hydrogen-bond acceptors (Lipinski definition) is 5. The van der Waals surface area contributed by atoms with Crippen LogP contribution in [0.15, 0.2) is 42.7 Å². The molecule has 0 bridgehead atoms. The zero-order chi connectivity index (χ0) is 20.7. The summed E-state index contributed by atoms with van der Waals surface area (Å²) in [6.07, 6.45) is 7.60. The molecule has 158 valence electrons. The maximum Gasteiger partial charge on any atom is 0.138 e. The van der Waals surface area contributed by atoms with Crippen LogP contribution in [0, 0.1) is 6.92 Å². The van der Waals surface area contributed by atoms with Gasteiger partial charge >= 0.3 is 0 Å². The number of hydrogen-bond donors (Lipinski definition) is 0. The standard InChI is InChI=1S/C24H32N6/c1-18-8-7-12-25-22(18)19-9-6-10-20(28(19)3)23-24(29-16-14-27(2)15-17-29)30-13-5-4-11-21(30)26-23/h4-5,7-8,11-13,19-20H,6,9-10,14-17H2,1-3H3. The highest BCUT2D eigenvalue weighted by Crippen LogP contribution is 2.43. The molecule has 30 heavy (non-hydrogen) atoms. The molecule has 5 heterocycles. The van der Waals surface area contributed by atoms with Crippen LogP contribution in [0.3, 0.4) is 0 Å². The minimum Gasteiger partial charge on any atom is -0.354 e. The first kappa shape index (κ1) is 19.5. The number of aryl methyl sites for hydroxylation is 1. The lowest BCUT2D eigenvalue weighted by atomic mass is 9.90. The number of piperidine rings is 1. The van der Waals surface area contributed by atoms with E-state index in [1.807, 2.05) is 12.3 Å². The normalized spacial score (nSPS) is 23.9. The summed E-state index contributed by atoms with van der Waals surface area (Å²) in [6.45, 7) is 6.46. The molecular weight excluding hydrogens is 372 g/mol. The summed E-state index contributed by atoms with van der Waals surface area (Å²) in [5.41, 5.74) is 4.77. The highest BCUT2D eigenvalue weighted by atomic mass is 15.3. The van der Waals surface area contributed by atoms with Crippen LogP contribution < -0.4 is 4.90 Å². The van der Waals surface area contributed by atoms with Gasteiger partial charge in [0, 0.05) is 38.6 Å². The van der Waals surface area contributed by atoms with Crippen molar-refractivity contribution < 1.29 is 0 Å². The Morgan fingerprint density at radius 1 is 0.900 bits per heavy atom. The molecular formula is C24H32N6. The second-order valence-electron chi connectivity index (χ2n) is 8.87. The summed E-state index contributed by atoms with van der Waals surface area (Å²) in [6, 6.07) is 11.2. The number of piperazine rings is 1. The number of likely N-dealkylation sites (tertiary alicyclic amines) is 1. The van der Waals surface area contributed by atoms with Crippen molar-refractivity contribution in [2.24, 2.45) is 0 Å². The fourth-order valence-electron chi connectivity index (χ4n) is 5.19. The minimum atomic E-state index is 0.305. The average molecular weight is 405 g/mol. The second kappa shape index (κ2) is 8.00. The van der Waals surface area contributed by atoms with Gasteiger partial charge in [0.25, 0.3) is 0 Å². The smallest absolute Gasteiger partial charge is 0.138 e. The summed E-state index contributed by atoms with van der Waals surface area (Å²) in [5, 5.41) is 0. The molecule has 2 atom stereocenters. The Morgan fingerprint density at radius 2 is 1.67 bits per heavy atom. The van der Waals surface area contributed by atoms with E-state index < -0.39 is 0 Å². The molecule has 3 aromatic rings. The first-order chi connectivity index (χ1) is 14.6. The van der Waals surface area contributed by atoms with Crippen LogP contribution in [-0.4, -0.2) is 64.4 Å². The molecule has 0 spiro atoms. The largest absolute Gasteiger partial charge is 0.354 e. The lowest BCUT2D eigenvalue weighted by molar-refractivity contribution is 0.109. The average Bonchev–Trinajstić information content (AvgIpc) is 3.14. The monoisotopic (exact) mass is 404 g/mol. The molecule has 0 N–H and O–H groups in total. The van der Waals surface area contributed by atoms with Crippen LogP contribution >= 0.6 is 0 Å². The van der Waals surface area contributed by atoms with Gasteiger partial charge in [0.1, 0.15) is 17.2 Å². The Labute approximate surface area is 179 Å². The van der Waals surface area contributed by atoms with E-state index in [0.29, 0.717) is 12.1 Å². The van der Waals surface area contributed by atoms with Crippen LogP contribution in [0.1, 0.15) is 48.3 Å². The molecule has 6 nitrogen and oxygen atoms in total. The highest BCUT2D eigenvalue weighted by molar-refractivity contribution is 5.58. The fraction of sp³-hybridized carbons (Fsp3) is 0.500. The Kier molecular flexibility index (Phi) is 5.21. The molecule has 2 unspecified atom stereocenters. The van der Waals surface area contributed by atoms with Crippen LogP contribution in [-0.2, 0) is 0 Å². The van der Waals surface area contributed by atoms with Gasteiger partial charge in [0.15, 0.2) is 0 Å². The number of likely N-dealkylation sites (N-methyl/N-ethyl adjacent to an activating group) is 1. The predicted molar refractivity (Wildman–Crippen MR) is 121 cm³/mol. The van der Waals surface area contributed by atoms with Gasteiger partial charge in [-0.1, -0.05) is 12.1 Å². The van der Waals surface area contributed by atoms with Crippen molar-refractivity contribution in [1.29, 1.82) is 0 Å². The van der Waals surface area contributed by atoms with Crippen molar-refractivity contribution in [1.82, 2.24) is 24.2 Å². The van der Waals surface area contributed by atoms with E-state index in [9.17, 15) is 0 Å². The van der Waals surface area contributed by atoms with Gasteiger partial charge in [0.05, 0.1) is 17.8 Å². The Hall–Kier alpha value is -2.44. The maximum atomic E-state index is 5.18. The van der Waals surface area contributed by atoms with Crippen molar-refractivity contribution in [3.8, 4) is 0 Å². The van der Waals surface area contributed by atoms with Gasteiger partial charge in [-0.2, -0.15) is 0 Å². The third-order valence-corrected chi connectivity index (χ3v) is 6.95. The van der Waals surface area contributed by atoms with Crippen molar-refractivity contribution in [2.45, 2.75) is 38.3 Å². The summed E-state index contributed by atoms with van der Waals surface area (Å²) >= 11 is 0. The van der Waals surface area contributed by atoms with Crippen LogP contribution in [0.5, 0.6) is 0 Å². The lowest BCUT2D eigenvalue weighted by Gasteiger charge is -2.41. The van der Waals surface area contributed by atoms with E-state index in [1.54, 1.807) is 0 Å². The Bertz CT molecular complexity index is 1020. The Balaban J connectivity index is 1.55. The zero-order valence-corrected chi connectivity index (χ0v) is 18.3. The number of fused-ring (bicyclic) bond motifs is 1. The fourth-order valence-corrected chi connectivity index (χ4v) is 5.19. The maximum absolute atomic E-state index is 5.18. The van der Waals surface area contributed by atoms with E-state index in [0.717, 1.165) is 44.7 Å². The van der Waals surface area contributed by atoms with Crippen LogP contribution in [0.2, 0.25) is 0 Å². The van der Waals surface area contributed by atoms with E-state index in [4.69, 9.17) is 9.97 Å². The zero-order valence-electron chi connectivity index (χ0n) is 18.3. The number of pyridine rings is 2. The highest BCUT2D eigenvalue weighted by Gasteiger charge is 2.35. The van der Waals surface area contributed by atoms with E-state index in [-0.39, 0.29) is 0 Å². The molecule has 0 aromatic carbocycles. The molecule has 0 saturated carbocycles. The summed E-state index contributed by atoms with van der Waals surface area (Å²) < 4.78 is 2.30. The van der Waals surface area contributed by atoms with Gasteiger partial charge in [-0.15, -0.1) is 0 Å². The molecule has 3 aromatic heterocycles. The van der Waals surface area contributed by atoms with Crippen LogP contribution in [0.25, 0.3) is 5.65 Å². The third kappa shape index (κ3) is 3.38. The SMILES string of the molecule is Cc1cccnc1C1CCCC(c2nc3ccccn3c2N2CCN(C)CC2)N1C. The molecule has 0 radical (unpaired) electrons. The first-order valence-corrected chi connectivity index (χ1v) is 11.2. The number of imidazole rings is 1. The van der Waals surface area contributed by atoms with Gasteiger partial charge in [0.2, 0.25) is 0 Å². The van der Waals surface area contributed by atoms with Crippen molar-refractivity contribution in [3.63, 3.8) is 0 Å². The van der Waals surface area contributed by atoms with E-state index in [1.165, 1.54) is 29.2 Å². The minimum absolute atomic E-state index is 0.305. The van der Waals surface area contributed by atoms with Crippen molar-refractivity contribution in [2.75, 3.05) is 45.2 Å². The van der Waals surface area contributed by atoms with E-state index in [2.05, 4.69) is 70.6 Å². The van der Waals surface area contributed by atoms with Gasteiger partial charge in [-0.3, -0.25) is 14.3 Å². The number of aromatic nitrogens is 3. The third-order valence-electron chi connectivity index (χ3n) is 6.95. The number of rotatable bonds is 3. The quantitative estimate of drug-likeness (QED) is 0.666. The summed E-state index contributed by atoms with van der Waals surface area (Å²) in [4.78, 5) is 17.4. The van der Waals surface area contributed by atoms with Crippen molar-refractivity contribution >= 4 is 11.5 Å². The van der Waals surface area contributed by atoms with E-state index >= 15 is 0 Å². The summed E-state index contributed by atoms with van der Waals surface area (Å²) in [5.74, 6) is 1.29. The molecule has 2 aliphatic heterocycles. The van der Waals surface area contributed by atoms with Gasteiger partial charge in [-0.25, -0.2) is 4.98 Å². The molecule has 0 aliphatic carbocycles. The molecule has 2 aliphatic rings. The Morgan fingerprint density at radius 3 is 2.43 bits per heavy atom. The second-order valence-corrected chi connectivity index (χ2v) is 8.87.